The van der Waals surface area contributed by atoms with Crippen LogP contribution in [-0.4, -0.2) is 36.1 Å². The monoisotopic (exact) mass is 239 g/mol. The number of methoxy groups -OCH3 is 1. The lowest BCUT2D eigenvalue weighted by atomic mass is 10.1. The maximum Gasteiger partial charge on any atom is 0.0628 e. The molecule has 1 aromatic rings. The molecule has 1 rings (SSSR count). The van der Waals surface area contributed by atoms with Crippen LogP contribution >= 0.6 is 0 Å². The molecular formula is C13H25N3O. The molecule has 98 valence electrons. The van der Waals surface area contributed by atoms with E-state index in [0.717, 1.165) is 31.8 Å². The molecule has 1 aromatic heterocycles. The number of aromatic nitrogens is 2. The molecule has 0 aliphatic carbocycles. The molecule has 4 nitrogen and oxygen atoms in total. The zero-order valence-corrected chi connectivity index (χ0v) is 11.7. The molecule has 0 fully saturated rings. The first kappa shape index (κ1) is 14.2. The fourth-order valence-corrected chi connectivity index (χ4v) is 2.19. The highest BCUT2D eigenvalue weighted by Gasteiger charge is 2.09. The molecule has 0 saturated carbocycles. The molecular weight excluding hydrogens is 214 g/mol. The SMILES string of the molecule is CCc1c(C)nn(CCNC(C)COC)c1C. The molecule has 4 heteroatoms. The second kappa shape index (κ2) is 6.77. The molecule has 0 aromatic carbocycles. The van der Waals surface area contributed by atoms with Crippen LogP contribution in [0.25, 0.3) is 0 Å². The highest BCUT2D eigenvalue weighted by Crippen LogP contribution is 2.12. The Hall–Kier alpha value is -0.870. The molecule has 1 heterocycles. The quantitative estimate of drug-likeness (QED) is 0.787. The Kier molecular flexibility index (Phi) is 5.65. The normalized spacial score (nSPS) is 13.0. The Morgan fingerprint density at radius 3 is 2.65 bits per heavy atom. The van der Waals surface area contributed by atoms with E-state index in [2.05, 4.69) is 42.8 Å². The summed E-state index contributed by atoms with van der Waals surface area (Å²) in [7, 11) is 1.73. The van der Waals surface area contributed by atoms with Crippen LogP contribution in [0.5, 0.6) is 0 Å². The van der Waals surface area contributed by atoms with Crippen LogP contribution in [0.3, 0.4) is 0 Å². The van der Waals surface area contributed by atoms with Gasteiger partial charge in [0.25, 0.3) is 0 Å². The van der Waals surface area contributed by atoms with Crippen molar-refractivity contribution in [3.8, 4) is 0 Å². The number of aryl methyl sites for hydroxylation is 1. The maximum atomic E-state index is 5.09. The Morgan fingerprint density at radius 2 is 2.12 bits per heavy atom. The Bertz CT molecular complexity index is 347. The predicted molar refractivity (Wildman–Crippen MR) is 70.4 cm³/mol. The van der Waals surface area contributed by atoms with E-state index in [0.29, 0.717) is 6.04 Å². The summed E-state index contributed by atoms with van der Waals surface area (Å²) in [6.45, 7) is 11.1. The van der Waals surface area contributed by atoms with Crippen molar-refractivity contribution in [2.45, 2.75) is 46.7 Å². The van der Waals surface area contributed by atoms with Crippen LogP contribution < -0.4 is 5.32 Å². The summed E-state index contributed by atoms with van der Waals surface area (Å²) in [5, 5.41) is 7.99. The van der Waals surface area contributed by atoms with Crippen LogP contribution in [0, 0.1) is 13.8 Å². The number of nitrogens with zero attached hydrogens (tertiary/aromatic N) is 2. The number of nitrogens with one attached hydrogen (secondary N) is 1. The largest absolute Gasteiger partial charge is 0.383 e. The number of ether oxygens (including phenoxy) is 1. The predicted octanol–water partition coefficient (Wildman–Crippen LogP) is 1.69. The van der Waals surface area contributed by atoms with Gasteiger partial charge in [0.1, 0.15) is 0 Å². The second-order valence-electron chi connectivity index (χ2n) is 4.54. The van der Waals surface area contributed by atoms with Gasteiger partial charge in [0.2, 0.25) is 0 Å². The number of hydrogen-bond acceptors (Lipinski definition) is 3. The molecule has 0 spiro atoms. The fraction of sp³-hybridized carbons (Fsp3) is 0.769. The second-order valence-corrected chi connectivity index (χ2v) is 4.54. The third-order valence-electron chi connectivity index (χ3n) is 3.12. The van der Waals surface area contributed by atoms with Crippen molar-refractivity contribution in [2.75, 3.05) is 20.3 Å². The summed E-state index contributed by atoms with van der Waals surface area (Å²) in [5.74, 6) is 0. The molecule has 0 bridgehead atoms. The minimum Gasteiger partial charge on any atom is -0.383 e. The summed E-state index contributed by atoms with van der Waals surface area (Å²) in [4.78, 5) is 0. The van der Waals surface area contributed by atoms with E-state index in [-0.39, 0.29) is 0 Å². The lowest BCUT2D eigenvalue weighted by Gasteiger charge is -2.13. The van der Waals surface area contributed by atoms with E-state index in [1.54, 1.807) is 7.11 Å². The Morgan fingerprint density at radius 1 is 1.41 bits per heavy atom. The number of rotatable bonds is 7. The van der Waals surface area contributed by atoms with E-state index in [9.17, 15) is 0 Å². The van der Waals surface area contributed by atoms with E-state index in [1.807, 2.05) is 0 Å². The summed E-state index contributed by atoms with van der Waals surface area (Å²) >= 11 is 0. The Labute approximate surface area is 104 Å². The van der Waals surface area contributed by atoms with Crippen LogP contribution in [0.2, 0.25) is 0 Å². The molecule has 0 saturated heterocycles. The third-order valence-corrected chi connectivity index (χ3v) is 3.12. The van der Waals surface area contributed by atoms with E-state index in [1.165, 1.54) is 11.3 Å². The lowest BCUT2D eigenvalue weighted by Crippen LogP contribution is -2.33. The standard InChI is InChI=1S/C13H25N3O/c1-6-13-11(3)15-16(12(13)4)8-7-14-10(2)9-17-5/h10,14H,6-9H2,1-5H3. The minimum absolute atomic E-state index is 0.391. The highest BCUT2D eigenvalue weighted by atomic mass is 16.5. The van der Waals surface area contributed by atoms with Gasteiger partial charge in [-0.05, 0) is 32.8 Å². The van der Waals surface area contributed by atoms with Gasteiger partial charge < -0.3 is 10.1 Å². The third kappa shape index (κ3) is 3.82. The molecule has 1 N–H and O–H groups in total. The van der Waals surface area contributed by atoms with Crippen LogP contribution in [0.15, 0.2) is 0 Å². The van der Waals surface area contributed by atoms with Crippen LogP contribution in [-0.2, 0) is 17.7 Å². The first-order valence-corrected chi connectivity index (χ1v) is 6.35. The van der Waals surface area contributed by atoms with Gasteiger partial charge in [-0.1, -0.05) is 6.92 Å². The average molecular weight is 239 g/mol. The molecule has 1 atom stereocenters. The minimum atomic E-state index is 0.391. The first-order chi connectivity index (χ1) is 8.10. The van der Waals surface area contributed by atoms with Gasteiger partial charge in [0, 0.05) is 25.4 Å². The number of hydrogen-bond donors (Lipinski definition) is 1. The smallest absolute Gasteiger partial charge is 0.0628 e. The van der Waals surface area contributed by atoms with Crippen molar-refractivity contribution >= 4 is 0 Å². The van der Waals surface area contributed by atoms with Gasteiger partial charge in [-0.2, -0.15) is 5.10 Å². The van der Waals surface area contributed by atoms with Gasteiger partial charge in [0.05, 0.1) is 18.8 Å². The summed E-state index contributed by atoms with van der Waals surface area (Å²) in [6, 6.07) is 0.391. The summed E-state index contributed by atoms with van der Waals surface area (Å²) < 4.78 is 7.18. The van der Waals surface area contributed by atoms with E-state index < -0.39 is 0 Å². The van der Waals surface area contributed by atoms with Crippen molar-refractivity contribution in [3.63, 3.8) is 0 Å². The van der Waals surface area contributed by atoms with Gasteiger partial charge in [-0.15, -0.1) is 0 Å². The molecule has 0 aliphatic rings. The fourth-order valence-electron chi connectivity index (χ4n) is 2.19. The van der Waals surface area contributed by atoms with Crippen molar-refractivity contribution in [3.05, 3.63) is 17.0 Å². The molecule has 0 radical (unpaired) electrons. The van der Waals surface area contributed by atoms with Crippen molar-refractivity contribution in [1.82, 2.24) is 15.1 Å². The Balaban J connectivity index is 2.47. The molecule has 0 amide bonds. The van der Waals surface area contributed by atoms with Crippen molar-refractivity contribution in [2.24, 2.45) is 0 Å². The molecule has 17 heavy (non-hydrogen) atoms. The molecule has 0 aliphatic heterocycles. The zero-order valence-electron chi connectivity index (χ0n) is 11.7. The average Bonchev–Trinajstić information content (AvgIpc) is 2.54. The van der Waals surface area contributed by atoms with Gasteiger partial charge in [0.15, 0.2) is 0 Å². The summed E-state index contributed by atoms with van der Waals surface area (Å²) in [5.41, 5.74) is 3.84. The van der Waals surface area contributed by atoms with E-state index in [4.69, 9.17) is 4.74 Å². The van der Waals surface area contributed by atoms with Gasteiger partial charge >= 0.3 is 0 Å². The van der Waals surface area contributed by atoms with Gasteiger partial charge in [-0.3, -0.25) is 4.68 Å². The molecule has 1 unspecified atom stereocenters. The summed E-state index contributed by atoms with van der Waals surface area (Å²) in [6.07, 6.45) is 1.06. The van der Waals surface area contributed by atoms with E-state index >= 15 is 0 Å². The van der Waals surface area contributed by atoms with Crippen molar-refractivity contribution in [1.29, 1.82) is 0 Å². The van der Waals surface area contributed by atoms with Crippen molar-refractivity contribution < 1.29 is 4.74 Å². The van der Waals surface area contributed by atoms with Crippen LogP contribution in [0.4, 0.5) is 0 Å². The lowest BCUT2D eigenvalue weighted by molar-refractivity contribution is 0.171. The van der Waals surface area contributed by atoms with Crippen LogP contribution in [0.1, 0.15) is 30.8 Å². The first-order valence-electron chi connectivity index (χ1n) is 6.35. The zero-order chi connectivity index (χ0) is 12.8. The maximum absolute atomic E-state index is 5.09. The topological polar surface area (TPSA) is 39.1 Å². The highest BCUT2D eigenvalue weighted by molar-refractivity contribution is 5.24. The van der Waals surface area contributed by atoms with Gasteiger partial charge in [-0.25, -0.2) is 0 Å².